The molecule has 1 saturated heterocycles. The van der Waals surface area contributed by atoms with Crippen molar-refractivity contribution in [2.45, 2.75) is 37.6 Å². The van der Waals surface area contributed by atoms with Crippen molar-refractivity contribution in [3.8, 4) is 0 Å². The predicted molar refractivity (Wildman–Crippen MR) is 68.6 cm³/mol. The molecule has 0 spiro atoms. The van der Waals surface area contributed by atoms with Gasteiger partial charge in [0.2, 0.25) is 5.91 Å². The van der Waals surface area contributed by atoms with E-state index in [1.54, 1.807) is 0 Å². The molecule has 1 aliphatic carbocycles. The Hall–Kier alpha value is 0.300. The molecular formula is C11H18BrNOS. The van der Waals surface area contributed by atoms with Gasteiger partial charge >= 0.3 is 0 Å². The average Bonchev–Trinajstić information content (AvgIpc) is 2.88. The molecule has 4 heteroatoms. The Labute approximate surface area is 104 Å². The van der Waals surface area contributed by atoms with E-state index in [0.29, 0.717) is 5.91 Å². The summed E-state index contributed by atoms with van der Waals surface area (Å²) in [6.45, 7) is 0. The van der Waals surface area contributed by atoms with Gasteiger partial charge in [-0.1, -0.05) is 28.8 Å². The van der Waals surface area contributed by atoms with E-state index in [1.165, 1.54) is 12.8 Å². The zero-order valence-electron chi connectivity index (χ0n) is 8.93. The zero-order valence-corrected chi connectivity index (χ0v) is 11.3. The van der Waals surface area contributed by atoms with Crippen molar-refractivity contribution < 1.29 is 4.79 Å². The van der Waals surface area contributed by atoms with Gasteiger partial charge in [-0.05, 0) is 25.0 Å². The highest BCUT2D eigenvalue weighted by molar-refractivity contribution is 9.09. The Morgan fingerprint density at radius 3 is 2.73 bits per heavy atom. The van der Waals surface area contributed by atoms with Crippen LogP contribution in [-0.4, -0.2) is 28.3 Å². The van der Waals surface area contributed by atoms with Crippen LogP contribution in [0, 0.1) is 5.92 Å². The monoisotopic (exact) mass is 291 g/mol. The number of nitrogens with one attached hydrogen (secondary N) is 1. The molecule has 1 saturated carbocycles. The number of thioether (sulfide) groups is 1. The smallest absolute Gasteiger partial charge is 0.224 e. The van der Waals surface area contributed by atoms with Gasteiger partial charge in [0.05, 0.1) is 0 Å². The Bertz CT molecular complexity index is 235. The first-order valence-corrected chi connectivity index (χ1v) is 7.99. The number of hydrogen-bond acceptors (Lipinski definition) is 2. The summed E-state index contributed by atoms with van der Waals surface area (Å²) in [5.41, 5.74) is 0.0738. The molecule has 1 amide bonds. The van der Waals surface area contributed by atoms with Gasteiger partial charge in [0.1, 0.15) is 0 Å². The summed E-state index contributed by atoms with van der Waals surface area (Å²) >= 11 is 5.45. The quantitative estimate of drug-likeness (QED) is 0.810. The van der Waals surface area contributed by atoms with Crippen molar-refractivity contribution in [1.29, 1.82) is 0 Å². The highest BCUT2D eigenvalue weighted by Gasteiger charge is 2.36. The molecule has 0 aromatic heterocycles. The number of carbonyl (C=O) groups is 1. The zero-order chi connectivity index (χ0) is 10.7. The molecule has 0 aromatic carbocycles. The second-order valence-corrected chi connectivity index (χ2v) is 6.38. The highest BCUT2D eigenvalue weighted by atomic mass is 79.9. The predicted octanol–water partition coefficient (Wildman–Crippen LogP) is 2.56. The largest absolute Gasteiger partial charge is 0.350 e. The van der Waals surface area contributed by atoms with E-state index in [9.17, 15) is 4.79 Å². The second-order valence-electron chi connectivity index (χ2n) is 4.67. The van der Waals surface area contributed by atoms with E-state index in [-0.39, 0.29) is 11.5 Å². The molecule has 1 N–H and O–H groups in total. The van der Waals surface area contributed by atoms with Crippen molar-refractivity contribution in [2.24, 2.45) is 5.92 Å². The summed E-state index contributed by atoms with van der Waals surface area (Å²) in [7, 11) is 0. The molecule has 2 rings (SSSR count). The van der Waals surface area contributed by atoms with E-state index in [1.807, 2.05) is 11.8 Å². The number of alkyl halides is 1. The van der Waals surface area contributed by atoms with Crippen LogP contribution in [0.3, 0.4) is 0 Å². The molecule has 1 atom stereocenters. The van der Waals surface area contributed by atoms with E-state index >= 15 is 0 Å². The maximum atomic E-state index is 12.0. The first-order chi connectivity index (χ1) is 7.26. The van der Waals surface area contributed by atoms with Crippen LogP contribution in [0.25, 0.3) is 0 Å². The summed E-state index contributed by atoms with van der Waals surface area (Å²) in [6.07, 6.45) is 5.86. The molecule has 1 unspecified atom stereocenters. The molecule has 1 heterocycles. The van der Waals surface area contributed by atoms with Crippen LogP contribution >= 0.6 is 27.7 Å². The van der Waals surface area contributed by atoms with Gasteiger partial charge in [-0.3, -0.25) is 4.79 Å². The molecule has 2 aliphatic rings. The second kappa shape index (κ2) is 5.09. The third-order valence-electron chi connectivity index (χ3n) is 3.51. The number of carbonyl (C=O) groups excluding carboxylic acids is 1. The fourth-order valence-corrected chi connectivity index (χ4v) is 4.37. The minimum atomic E-state index is 0.0738. The summed E-state index contributed by atoms with van der Waals surface area (Å²) in [4.78, 5) is 12.0. The van der Waals surface area contributed by atoms with Gasteiger partial charge in [-0.15, -0.1) is 0 Å². The number of hydrogen-bond donors (Lipinski definition) is 1. The maximum absolute atomic E-state index is 12.0. The van der Waals surface area contributed by atoms with Gasteiger partial charge < -0.3 is 5.32 Å². The molecule has 0 aromatic rings. The van der Waals surface area contributed by atoms with Gasteiger partial charge in [-0.25, -0.2) is 0 Å². The third-order valence-corrected chi connectivity index (χ3v) is 5.74. The normalized spacial score (nSPS) is 29.3. The lowest BCUT2D eigenvalue weighted by molar-refractivity contribution is -0.125. The maximum Gasteiger partial charge on any atom is 0.224 e. The van der Waals surface area contributed by atoms with Crippen LogP contribution in [-0.2, 0) is 4.79 Å². The number of rotatable bonds is 3. The average molecular weight is 292 g/mol. The van der Waals surface area contributed by atoms with Crippen LogP contribution in [0.2, 0.25) is 0 Å². The third kappa shape index (κ3) is 2.70. The Morgan fingerprint density at radius 1 is 1.47 bits per heavy atom. The highest BCUT2D eigenvalue weighted by Crippen LogP contribution is 2.32. The van der Waals surface area contributed by atoms with Gasteiger partial charge in [0.15, 0.2) is 0 Å². The topological polar surface area (TPSA) is 29.1 Å². The van der Waals surface area contributed by atoms with E-state index in [0.717, 1.165) is 36.1 Å². The molecule has 2 nitrogen and oxygen atoms in total. The summed E-state index contributed by atoms with van der Waals surface area (Å²) in [5.74, 6) is 2.73. The first-order valence-electron chi connectivity index (χ1n) is 5.71. The number of amides is 1. The minimum Gasteiger partial charge on any atom is -0.350 e. The van der Waals surface area contributed by atoms with E-state index in [2.05, 4.69) is 21.2 Å². The molecule has 1 aliphatic heterocycles. The summed E-state index contributed by atoms with van der Waals surface area (Å²) in [6, 6.07) is 0. The summed E-state index contributed by atoms with van der Waals surface area (Å²) < 4.78 is 0. The van der Waals surface area contributed by atoms with Crippen LogP contribution in [0.1, 0.15) is 32.1 Å². The fourth-order valence-electron chi connectivity index (χ4n) is 2.45. The van der Waals surface area contributed by atoms with Crippen LogP contribution < -0.4 is 5.32 Å². The van der Waals surface area contributed by atoms with Crippen molar-refractivity contribution in [1.82, 2.24) is 5.32 Å². The van der Waals surface area contributed by atoms with Crippen molar-refractivity contribution in [3.63, 3.8) is 0 Å². The lowest BCUT2D eigenvalue weighted by atomic mass is 9.98. The van der Waals surface area contributed by atoms with Gasteiger partial charge in [0.25, 0.3) is 0 Å². The molecule has 0 radical (unpaired) electrons. The lowest BCUT2D eigenvalue weighted by Crippen LogP contribution is -2.50. The standard InChI is InChI=1S/C11H18BrNOS/c12-8-11(4-1-2-5-11)13-10(14)9-3-6-15-7-9/h9H,1-8H2,(H,13,14). The van der Waals surface area contributed by atoms with Gasteiger partial charge in [0, 0.05) is 22.5 Å². The molecule has 0 bridgehead atoms. The Balaban J connectivity index is 1.91. The molecule has 86 valence electrons. The van der Waals surface area contributed by atoms with Crippen molar-refractivity contribution in [2.75, 3.05) is 16.8 Å². The lowest BCUT2D eigenvalue weighted by Gasteiger charge is -2.29. The summed E-state index contributed by atoms with van der Waals surface area (Å²) in [5, 5.41) is 4.19. The molecular weight excluding hydrogens is 274 g/mol. The minimum absolute atomic E-state index is 0.0738. The molecule has 2 fully saturated rings. The van der Waals surface area contributed by atoms with Crippen LogP contribution in [0.4, 0.5) is 0 Å². The van der Waals surface area contributed by atoms with Crippen LogP contribution in [0.5, 0.6) is 0 Å². The van der Waals surface area contributed by atoms with Crippen LogP contribution in [0.15, 0.2) is 0 Å². The Kier molecular flexibility index (Phi) is 3.99. The van der Waals surface area contributed by atoms with Gasteiger partial charge in [-0.2, -0.15) is 11.8 Å². The fraction of sp³-hybridized carbons (Fsp3) is 0.909. The van der Waals surface area contributed by atoms with Crippen molar-refractivity contribution in [3.05, 3.63) is 0 Å². The number of halogens is 1. The SMILES string of the molecule is O=C(NC1(CBr)CCCC1)C1CCSC1. The van der Waals surface area contributed by atoms with Crippen molar-refractivity contribution >= 4 is 33.6 Å². The Morgan fingerprint density at radius 2 is 2.20 bits per heavy atom. The van der Waals surface area contributed by atoms with E-state index in [4.69, 9.17) is 0 Å². The van der Waals surface area contributed by atoms with E-state index < -0.39 is 0 Å². The first kappa shape index (κ1) is 11.8. The molecule has 15 heavy (non-hydrogen) atoms.